The Morgan fingerprint density at radius 3 is 2.65 bits per heavy atom. The van der Waals surface area contributed by atoms with Crippen LogP contribution in [-0.4, -0.2) is 27.3 Å². The maximum absolute atomic E-state index is 13.8. The molecule has 26 heavy (non-hydrogen) atoms. The summed E-state index contributed by atoms with van der Waals surface area (Å²) in [6.45, 7) is 1.60. The quantitative estimate of drug-likeness (QED) is 0.637. The van der Waals surface area contributed by atoms with Crippen molar-refractivity contribution in [1.29, 1.82) is 0 Å². The third-order valence-corrected chi connectivity index (χ3v) is 4.41. The number of carbonyl (C=O) groups is 1. The molecule has 1 amide bonds. The number of aliphatic hydroxyl groups is 1. The number of amides is 1. The van der Waals surface area contributed by atoms with Gasteiger partial charge in [0.1, 0.15) is 11.9 Å². The molecule has 2 atom stereocenters. The van der Waals surface area contributed by atoms with Crippen LogP contribution in [0.2, 0.25) is 5.02 Å². The largest absolute Gasteiger partial charge is 0.386 e. The molecule has 3 rings (SSSR count). The normalized spacial score (nSPS) is 13.2. The van der Waals surface area contributed by atoms with Gasteiger partial charge in [0.25, 0.3) is 5.91 Å². The number of nitrogens with one attached hydrogen (secondary N) is 2. The second-order valence-electron chi connectivity index (χ2n) is 5.87. The SMILES string of the molecule is CC(NC(=O)c1cn[nH]c1-c1ccccc1Cl)C(O)c1ccccc1F. The Hall–Kier alpha value is -2.70. The number of aromatic nitrogens is 2. The Morgan fingerprint density at radius 2 is 1.92 bits per heavy atom. The lowest BCUT2D eigenvalue weighted by molar-refractivity contribution is 0.0846. The molecule has 0 saturated carbocycles. The molecule has 0 aliphatic heterocycles. The molecule has 0 radical (unpaired) electrons. The summed E-state index contributed by atoms with van der Waals surface area (Å²) in [6, 6.07) is 12.3. The molecule has 2 aromatic carbocycles. The van der Waals surface area contributed by atoms with Crippen molar-refractivity contribution < 1.29 is 14.3 Å². The zero-order valence-corrected chi connectivity index (χ0v) is 14.7. The highest BCUT2D eigenvalue weighted by Crippen LogP contribution is 2.28. The topological polar surface area (TPSA) is 78.0 Å². The van der Waals surface area contributed by atoms with E-state index in [2.05, 4.69) is 15.5 Å². The van der Waals surface area contributed by atoms with Crippen LogP contribution >= 0.6 is 11.6 Å². The number of halogens is 2. The predicted octanol–water partition coefficient (Wildman–Crippen LogP) is 3.72. The van der Waals surface area contributed by atoms with Gasteiger partial charge >= 0.3 is 0 Å². The number of aliphatic hydroxyl groups excluding tert-OH is 1. The lowest BCUT2D eigenvalue weighted by Gasteiger charge is -2.21. The van der Waals surface area contributed by atoms with Gasteiger partial charge in [0.15, 0.2) is 0 Å². The maximum atomic E-state index is 13.8. The van der Waals surface area contributed by atoms with E-state index >= 15 is 0 Å². The summed E-state index contributed by atoms with van der Waals surface area (Å²) in [5.41, 5.74) is 1.52. The third-order valence-electron chi connectivity index (χ3n) is 4.08. The first-order chi connectivity index (χ1) is 12.5. The Kier molecular flexibility index (Phi) is 5.35. The smallest absolute Gasteiger partial charge is 0.255 e. The van der Waals surface area contributed by atoms with Crippen LogP contribution in [0.4, 0.5) is 4.39 Å². The second-order valence-corrected chi connectivity index (χ2v) is 6.27. The van der Waals surface area contributed by atoms with Crippen molar-refractivity contribution in [3.8, 4) is 11.3 Å². The number of rotatable bonds is 5. The fraction of sp³-hybridized carbons (Fsp3) is 0.158. The van der Waals surface area contributed by atoms with E-state index in [0.29, 0.717) is 16.3 Å². The number of H-pyrrole nitrogens is 1. The molecule has 134 valence electrons. The molecular formula is C19H17ClFN3O2. The number of aromatic amines is 1. The van der Waals surface area contributed by atoms with Crippen LogP contribution in [0.1, 0.15) is 28.9 Å². The van der Waals surface area contributed by atoms with Crippen molar-refractivity contribution in [2.24, 2.45) is 0 Å². The Morgan fingerprint density at radius 1 is 1.23 bits per heavy atom. The van der Waals surface area contributed by atoms with Gasteiger partial charge in [-0.2, -0.15) is 5.10 Å². The molecule has 1 aromatic heterocycles. The first kappa shape index (κ1) is 18.1. The molecule has 0 aliphatic carbocycles. The first-order valence-corrected chi connectivity index (χ1v) is 8.38. The molecule has 3 N–H and O–H groups in total. The average Bonchev–Trinajstić information content (AvgIpc) is 3.11. The summed E-state index contributed by atoms with van der Waals surface area (Å²) < 4.78 is 13.8. The van der Waals surface area contributed by atoms with Crippen molar-refractivity contribution in [3.63, 3.8) is 0 Å². The van der Waals surface area contributed by atoms with E-state index in [4.69, 9.17) is 11.6 Å². The summed E-state index contributed by atoms with van der Waals surface area (Å²) in [6.07, 6.45) is 0.201. The average molecular weight is 374 g/mol. The number of nitrogens with zero attached hydrogens (tertiary/aromatic N) is 1. The van der Waals surface area contributed by atoms with Gasteiger partial charge < -0.3 is 10.4 Å². The van der Waals surface area contributed by atoms with Crippen molar-refractivity contribution in [2.45, 2.75) is 19.1 Å². The van der Waals surface area contributed by atoms with Crippen molar-refractivity contribution >= 4 is 17.5 Å². The van der Waals surface area contributed by atoms with Gasteiger partial charge in [-0.3, -0.25) is 9.89 Å². The lowest BCUT2D eigenvalue weighted by Crippen LogP contribution is -2.37. The number of carbonyl (C=O) groups excluding carboxylic acids is 1. The molecule has 0 bridgehead atoms. The van der Waals surface area contributed by atoms with Crippen LogP contribution in [0.25, 0.3) is 11.3 Å². The summed E-state index contributed by atoms with van der Waals surface area (Å²) in [7, 11) is 0. The van der Waals surface area contributed by atoms with Gasteiger partial charge in [-0.1, -0.05) is 48.0 Å². The van der Waals surface area contributed by atoms with Crippen LogP contribution in [0.5, 0.6) is 0 Å². The van der Waals surface area contributed by atoms with Gasteiger partial charge in [-0.25, -0.2) is 4.39 Å². The first-order valence-electron chi connectivity index (χ1n) is 8.00. The molecule has 0 spiro atoms. The zero-order valence-electron chi connectivity index (χ0n) is 13.9. The summed E-state index contributed by atoms with van der Waals surface area (Å²) >= 11 is 6.18. The second kappa shape index (κ2) is 7.68. The lowest BCUT2D eigenvalue weighted by atomic mass is 10.0. The van der Waals surface area contributed by atoms with E-state index in [-0.39, 0.29) is 11.1 Å². The maximum Gasteiger partial charge on any atom is 0.255 e. The van der Waals surface area contributed by atoms with Crippen LogP contribution in [0, 0.1) is 5.82 Å². The molecule has 5 nitrogen and oxygen atoms in total. The van der Waals surface area contributed by atoms with Crippen LogP contribution < -0.4 is 5.32 Å². The molecule has 1 heterocycles. The minimum atomic E-state index is -1.18. The van der Waals surface area contributed by atoms with Crippen LogP contribution in [-0.2, 0) is 0 Å². The van der Waals surface area contributed by atoms with Gasteiger partial charge in [-0.15, -0.1) is 0 Å². The van der Waals surface area contributed by atoms with Crippen LogP contribution in [0.3, 0.4) is 0 Å². The van der Waals surface area contributed by atoms with E-state index in [0.717, 1.165) is 0 Å². The predicted molar refractivity (Wildman–Crippen MR) is 97.3 cm³/mol. The highest BCUT2D eigenvalue weighted by molar-refractivity contribution is 6.33. The van der Waals surface area contributed by atoms with Crippen molar-refractivity contribution in [1.82, 2.24) is 15.5 Å². The van der Waals surface area contributed by atoms with Gasteiger partial charge in [0.05, 0.1) is 23.5 Å². The van der Waals surface area contributed by atoms with E-state index < -0.39 is 23.9 Å². The molecule has 0 aliphatic rings. The van der Waals surface area contributed by atoms with Crippen molar-refractivity contribution in [3.05, 3.63) is 76.7 Å². The molecule has 0 saturated heterocycles. The van der Waals surface area contributed by atoms with E-state index in [1.54, 1.807) is 37.3 Å². The summed E-state index contributed by atoms with van der Waals surface area (Å²) in [4.78, 5) is 12.6. The monoisotopic (exact) mass is 373 g/mol. The summed E-state index contributed by atoms with van der Waals surface area (Å²) in [5.74, 6) is -0.974. The third kappa shape index (κ3) is 3.61. The molecule has 2 unspecified atom stereocenters. The Bertz CT molecular complexity index is 928. The van der Waals surface area contributed by atoms with Crippen LogP contribution in [0.15, 0.2) is 54.7 Å². The van der Waals surface area contributed by atoms with Gasteiger partial charge in [0.2, 0.25) is 0 Å². The number of hydrogen-bond acceptors (Lipinski definition) is 3. The van der Waals surface area contributed by atoms with E-state index in [9.17, 15) is 14.3 Å². The minimum absolute atomic E-state index is 0.124. The Balaban J connectivity index is 1.80. The van der Waals surface area contributed by atoms with E-state index in [1.807, 2.05) is 0 Å². The highest BCUT2D eigenvalue weighted by Gasteiger charge is 2.24. The fourth-order valence-corrected chi connectivity index (χ4v) is 2.91. The number of hydrogen-bond donors (Lipinski definition) is 3. The van der Waals surface area contributed by atoms with E-state index in [1.165, 1.54) is 24.4 Å². The molecule has 7 heteroatoms. The minimum Gasteiger partial charge on any atom is -0.386 e. The Labute approximate surface area is 154 Å². The molecule has 0 fully saturated rings. The highest BCUT2D eigenvalue weighted by atomic mass is 35.5. The molecular weight excluding hydrogens is 357 g/mol. The summed E-state index contributed by atoms with van der Waals surface area (Å²) in [5, 5.41) is 20.2. The standard InChI is InChI=1S/C19H17ClFN3O2/c1-11(18(25)13-7-3-5-9-16(13)21)23-19(26)14-10-22-24-17(14)12-6-2-4-8-15(12)20/h2-11,18,25H,1H3,(H,22,24)(H,23,26). The molecule has 3 aromatic rings. The fourth-order valence-electron chi connectivity index (χ4n) is 2.68. The number of benzene rings is 2. The zero-order chi connectivity index (χ0) is 18.7. The van der Waals surface area contributed by atoms with Gasteiger partial charge in [0, 0.05) is 16.1 Å². The van der Waals surface area contributed by atoms with Crippen molar-refractivity contribution in [2.75, 3.05) is 0 Å². The van der Waals surface area contributed by atoms with Gasteiger partial charge in [-0.05, 0) is 19.1 Å².